The maximum atomic E-state index is 5.98. The average Bonchev–Trinajstić information content (AvgIpc) is 3.11. The largest absolute Gasteiger partial charge is 0.465 e. The van der Waals surface area contributed by atoms with Crippen LogP contribution < -0.4 is 5.73 Å². The number of hydrogen-bond acceptors (Lipinski definition) is 5. The molecule has 0 bridgehead atoms. The number of furan rings is 1. The minimum Gasteiger partial charge on any atom is -0.465 e. The molecule has 112 valence electrons. The van der Waals surface area contributed by atoms with Crippen molar-refractivity contribution in [2.24, 2.45) is 5.73 Å². The molecule has 2 aliphatic heterocycles. The van der Waals surface area contributed by atoms with E-state index in [1.807, 2.05) is 13.0 Å². The zero-order valence-corrected chi connectivity index (χ0v) is 12.3. The summed E-state index contributed by atoms with van der Waals surface area (Å²) in [7, 11) is 0. The van der Waals surface area contributed by atoms with Crippen molar-refractivity contribution in [3.63, 3.8) is 0 Å². The summed E-state index contributed by atoms with van der Waals surface area (Å²) in [6.07, 6.45) is 1.22. The maximum absolute atomic E-state index is 5.98. The number of morpholine rings is 1. The first kappa shape index (κ1) is 14.1. The standard InChI is InChI=1S/C15H25N3O2/c1-12-2-3-15(20-12)14(10-16)18-5-4-13(11-18)17-6-8-19-9-7-17/h2-3,13-14H,4-11,16H2,1H3. The van der Waals surface area contributed by atoms with Gasteiger partial charge in [-0.25, -0.2) is 0 Å². The fraction of sp³-hybridized carbons (Fsp3) is 0.733. The van der Waals surface area contributed by atoms with Crippen molar-refractivity contribution >= 4 is 0 Å². The molecule has 3 rings (SSSR count). The van der Waals surface area contributed by atoms with Gasteiger partial charge in [0.2, 0.25) is 0 Å². The summed E-state index contributed by atoms with van der Waals surface area (Å²) < 4.78 is 11.2. The highest BCUT2D eigenvalue weighted by Gasteiger charge is 2.33. The van der Waals surface area contributed by atoms with E-state index in [-0.39, 0.29) is 6.04 Å². The summed E-state index contributed by atoms with van der Waals surface area (Å²) in [4.78, 5) is 5.03. The highest BCUT2D eigenvalue weighted by molar-refractivity contribution is 5.11. The summed E-state index contributed by atoms with van der Waals surface area (Å²) in [6.45, 7) is 8.64. The predicted molar refractivity (Wildman–Crippen MR) is 77.6 cm³/mol. The second-order valence-corrected chi connectivity index (χ2v) is 5.79. The van der Waals surface area contributed by atoms with E-state index in [1.165, 1.54) is 6.42 Å². The number of nitrogens with zero attached hydrogens (tertiary/aromatic N) is 2. The summed E-state index contributed by atoms with van der Waals surface area (Å²) in [5, 5.41) is 0. The molecule has 20 heavy (non-hydrogen) atoms. The van der Waals surface area contributed by atoms with Crippen molar-refractivity contribution in [3.05, 3.63) is 23.7 Å². The van der Waals surface area contributed by atoms with Gasteiger partial charge in [-0.3, -0.25) is 9.80 Å². The first-order valence-corrected chi connectivity index (χ1v) is 7.60. The molecule has 0 spiro atoms. The van der Waals surface area contributed by atoms with Crippen LogP contribution in [0.3, 0.4) is 0 Å². The third kappa shape index (κ3) is 2.91. The van der Waals surface area contributed by atoms with Crippen LogP contribution in [0.2, 0.25) is 0 Å². The Morgan fingerprint density at radius 1 is 1.30 bits per heavy atom. The van der Waals surface area contributed by atoms with E-state index in [4.69, 9.17) is 14.9 Å². The van der Waals surface area contributed by atoms with E-state index in [0.717, 1.165) is 50.9 Å². The Hall–Kier alpha value is -0.880. The second kappa shape index (κ2) is 6.26. The molecule has 2 atom stereocenters. The van der Waals surface area contributed by atoms with Crippen LogP contribution in [0, 0.1) is 6.92 Å². The lowest BCUT2D eigenvalue weighted by molar-refractivity contribution is 0.0174. The molecule has 0 radical (unpaired) electrons. The predicted octanol–water partition coefficient (Wildman–Crippen LogP) is 0.994. The zero-order chi connectivity index (χ0) is 13.9. The molecule has 3 heterocycles. The lowest BCUT2D eigenvalue weighted by Crippen LogP contribution is -2.45. The van der Waals surface area contributed by atoms with Gasteiger partial charge in [-0.2, -0.15) is 0 Å². The maximum Gasteiger partial charge on any atom is 0.122 e. The van der Waals surface area contributed by atoms with Crippen LogP contribution in [0.4, 0.5) is 0 Å². The van der Waals surface area contributed by atoms with Crippen molar-refractivity contribution in [3.8, 4) is 0 Å². The van der Waals surface area contributed by atoms with Crippen molar-refractivity contribution in [2.75, 3.05) is 45.9 Å². The van der Waals surface area contributed by atoms with Crippen molar-refractivity contribution in [1.82, 2.24) is 9.80 Å². The topological polar surface area (TPSA) is 54.9 Å². The Morgan fingerprint density at radius 3 is 2.75 bits per heavy atom. The first-order chi connectivity index (χ1) is 9.78. The number of rotatable bonds is 4. The fourth-order valence-electron chi connectivity index (χ4n) is 3.37. The monoisotopic (exact) mass is 279 g/mol. The quantitative estimate of drug-likeness (QED) is 0.891. The van der Waals surface area contributed by atoms with Gasteiger partial charge in [0.15, 0.2) is 0 Å². The third-order valence-electron chi connectivity index (χ3n) is 4.51. The van der Waals surface area contributed by atoms with Gasteiger partial charge in [-0.05, 0) is 25.5 Å². The third-order valence-corrected chi connectivity index (χ3v) is 4.51. The van der Waals surface area contributed by atoms with Gasteiger partial charge in [0.1, 0.15) is 11.5 Å². The lowest BCUT2D eigenvalue weighted by atomic mass is 10.2. The van der Waals surface area contributed by atoms with Gasteiger partial charge in [-0.15, -0.1) is 0 Å². The van der Waals surface area contributed by atoms with E-state index in [1.54, 1.807) is 0 Å². The van der Waals surface area contributed by atoms with E-state index in [9.17, 15) is 0 Å². The van der Waals surface area contributed by atoms with E-state index >= 15 is 0 Å². The highest BCUT2D eigenvalue weighted by Crippen LogP contribution is 2.27. The number of nitrogens with two attached hydrogens (primary N) is 1. The number of aryl methyl sites for hydroxylation is 1. The first-order valence-electron chi connectivity index (χ1n) is 7.60. The molecule has 5 nitrogen and oxygen atoms in total. The van der Waals surface area contributed by atoms with Crippen LogP contribution in [0.5, 0.6) is 0 Å². The SMILES string of the molecule is Cc1ccc(C(CN)N2CCC(N3CCOCC3)C2)o1. The Balaban J connectivity index is 1.62. The Morgan fingerprint density at radius 2 is 2.10 bits per heavy atom. The molecule has 1 aromatic rings. The molecular weight excluding hydrogens is 254 g/mol. The molecule has 2 unspecified atom stereocenters. The zero-order valence-electron chi connectivity index (χ0n) is 12.3. The summed E-state index contributed by atoms with van der Waals surface area (Å²) in [6, 6.07) is 4.95. The molecule has 2 fully saturated rings. The molecule has 5 heteroatoms. The molecule has 0 amide bonds. The van der Waals surface area contributed by atoms with Crippen molar-refractivity contribution in [1.29, 1.82) is 0 Å². The molecule has 0 aromatic carbocycles. The van der Waals surface area contributed by atoms with Gasteiger partial charge in [0.05, 0.1) is 19.3 Å². The molecule has 0 aliphatic carbocycles. The van der Waals surface area contributed by atoms with Gasteiger partial charge < -0.3 is 14.9 Å². The minimum atomic E-state index is 0.217. The van der Waals surface area contributed by atoms with Crippen molar-refractivity contribution < 1.29 is 9.15 Å². The summed E-state index contributed by atoms with van der Waals surface area (Å²) in [5.74, 6) is 1.97. The lowest BCUT2D eigenvalue weighted by Gasteiger charge is -2.33. The Kier molecular flexibility index (Phi) is 4.41. The van der Waals surface area contributed by atoms with Crippen molar-refractivity contribution in [2.45, 2.75) is 25.4 Å². The van der Waals surface area contributed by atoms with Crippen LogP contribution >= 0.6 is 0 Å². The summed E-state index contributed by atoms with van der Waals surface area (Å²) >= 11 is 0. The normalized spacial score (nSPS) is 27.0. The molecule has 2 N–H and O–H groups in total. The molecule has 2 saturated heterocycles. The van der Waals surface area contributed by atoms with Gasteiger partial charge >= 0.3 is 0 Å². The fourth-order valence-corrected chi connectivity index (χ4v) is 3.37. The number of hydrogen-bond donors (Lipinski definition) is 1. The van der Waals surface area contributed by atoms with Gasteiger partial charge in [-0.1, -0.05) is 0 Å². The molecule has 2 aliphatic rings. The van der Waals surface area contributed by atoms with E-state index in [2.05, 4.69) is 15.9 Å². The van der Waals surface area contributed by atoms with E-state index in [0.29, 0.717) is 12.6 Å². The average molecular weight is 279 g/mol. The smallest absolute Gasteiger partial charge is 0.122 e. The molecule has 0 saturated carbocycles. The second-order valence-electron chi connectivity index (χ2n) is 5.79. The highest BCUT2D eigenvalue weighted by atomic mass is 16.5. The molecule has 1 aromatic heterocycles. The van der Waals surface area contributed by atoms with Crippen LogP contribution in [0.25, 0.3) is 0 Å². The van der Waals surface area contributed by atoms with Crippen LogP contribution in [0.15, 0.2) is 16.5 Å². The van der Waals surface area contributed by atoms with Gasteiger partial charge in [0, 0.05) is 38.8 Å². The number of ether oxygens (including phenoxy) is 1. The van der Waals surface area contributed by atoms with E-state index < -0.39 is 0 Å². The van der Waals surface area contributed by atoms with Crippen LogP contribution in [0.1, 0.15) is 24.0 Å². The molecular formula is C15H25N3O2. The van der Waals surface area contributed by atoms with Crippen LogP contribution in [-0.4, -0.2) is 61.8 Å². The van der Waals surface area contributed by atoms with Crippen LogP contribution in [-0.2, 0) is 4.74 Å². The Labute approximate surface area is 120 Å². The van der Waals surface area contributed by atoms with Gasteiger partial charge in [0.25, 0.3) is 0 Å². The minimum absolute atomic E-state index is 0.217. The Bertz CT molecular complexity index is 429. The summed E-state index contributed by atoms with van der Waals surface area (Å²) in [5.41, 5.74) is 5.98. The number of likely N-dealkylation sites (tertiary alicyclic amines) is 1.